The number of piperidine rings is 1. The third-order valence-corrected chi connectivity index (χ3v) is 2.01. The summed E-state index contributed by atoms with van der Waals surface area (Å²) < 4.78 is 5.26. The maximum atomic E-state index is 11.5. The Hall–Kier alpha value is -1.44. The summed E-state index contributed by atoms with van der Waals surface area (Å²) >= 11 is 0. The fraction of sp³-hybridized carbons (Fsp3) is 0.818. The van der Waals surface area contributed by atoms with Crippen LogP contribution in [-0.2, 0) is 4.74 Å². The molecule has 0 spiro atoms. The maximum Gasteiger partial charge on any atom is 0.410 e. The highest BCUT2D eigenvalue weighted by Gasteiger charge is 2.22. The Morgan fingerprint density at radius 1 is 1.31 bits per heavy atom. The molecule has 0 atom stereocenters. The third kappa shape index (κ3) is 6.93. The number of aliphatic hydroxyl groups is 1. The predicted molar refractivity (Wildman–Crippen MR) is 59.2 cm³/mol. The van der Waals surface area contributed by atoms with E-state index in [2.05, 4.69) is 0 Å². The van der Waals surface area contributed by atoms with E-state index in [0.29, 0.717) is 0 Å². The van der Waals surface area contributed by atoms with Crippen molar-refractivity contribution in [1.82, 2.24) is 4.90 Å². The minimum Gasteiger partial charge on any atom is -0.444 e. The summed E-state index contributed by atoms with van der Waals surface area (Å²) in [6.07, 6.45) is 4.05. The van der Waals surface area contributed by atoms with E-state index in [9.17, 15) is 4.79 Å². The molecule has 0 aromatic rings. The van der Waals surface area contributed by atoms with Gasteiger partial charge in [-0.3, -0.25) is 0 Å². The molecule has 1 aliphatic rings. The van der Waals surface area contributed by atoms with Crippen LogP contribution < -0.4 is 0 Å². The van der Waals surface area contributed by atoms with Gasteiger partial charge in [0, 0.05) is 13.1 Å². The fourth-order valence-electron chi connectivity index (χ4n) is 1.40. The minimum atomic E-state index is -0.367. The number of carbonyl (C=O) groups excluding carboxylic acids is 1. The molecule has 1 heterocycles. The van der Waals surface area contributed by atoms with E-state index < -0.39 is 0 Å². The van der Waals surface area contributed by atoms with Crippen molar-refractivity contribution >= 4 is 6.09 Å². The van der Waals surface area contributed by atoms with Gasteiger partial charge in [-0.2, -0.15) is 5.26 Å². The molecule has 1 saturated heterocycles. The standard InChI is InChI=1S/C10H19NO2.CHNO/c1-10(2,3)13-9(12)11-7-5-4-6-8-11;2-1-3/h4-8H2,1-3H3;3H. The molecule has 0 radical (unpaired) electrons. The number of nitrogens with zero attached hydrogens (tertiary/aromatic N) is 2. The Kier molecular flexibility index (Phi) is 6.31. The van der Waals surface area contributed by atoms with Gasteiger partial charge in [0.15, 0.2) is 0 Å². The first-order valence-corrected chi connectivity index (χ1v) is 5.42. The van der Waals surface area contributed by atoms with E-state index >= 15 is 0 Å². The van der Waals surface area contributed by atoms with E-state index in [4.69, 9.17) is 15.1 Å². The number of carbonyl (C=O) groups is 1. The van der Waals surface area contributed by atoms with Crippen LogP contribution in [0.2, 0.25) is 0 Å². The van der Waals surface area contributed by atoms with Crippen molar-refractivity contribution < 1.29 is 14.6 Å². The molecule has 1 rings (SSSR count). The Bertz CT molecular complexity index is 247. The van der Waals surface area contributed by atoms with Gasteiger partial charge in [-0.05, 0) is 40.0 Å². The monoisotopic (exact) mass is 228 g/mol. The van der Waals surface area contributed by atoms with Crippen molar-refractivity contribution in [2.75, 3.05) is 13.1 Å². The lowest BCUT2D eigenvalue weighted by molar-refractivity contribution is 0.0216. The molecule has 92 valence electrons. The van der Waals surface area contributed by atoms with Crippen LogP contribution in [0.5, 0.6) is 0 Å². The Morgan fingerprint density at radius 3 is 2.12 bits per heavy atom. The van der Waals surface area contributed by atoms with Crippen molar-refractivity contribution in [2.45, 2.75) is 45.6 Å². The smallest absolute Gasteiger partial charge is 0.410 e. The molecule has 0 unspecified atom stereocenters. The Morgan fingerprint density at radius 2 is 1.75 bits per heavy atom. The summed E-state index contributed by atoms with van der Waals surface area (Å²) in [6.45, 7) is 7.41. The second-order valence-electron chi connectivity index (χ2n) is 4.63. The quantitative estimate of drug-likeness (QED) is 0.645. The van der Waals surface area contributed by atoms with Gasteiger partial charge in [0.2, 0.25) is 0 Å². The highest BCUT2D eigenvalue weighted by atomic mass is 16.6. The lowest BCUT2D eigenvalue weighted by Gasteiger charge is -2.29. The van der Waals surface area contributed by atoms with E-state index in [1.165, 1.54) is 6.42 Å². The summed E-state index contributed by atoms with van der Waals surface area (Å²) in [5, 5.41) is 13.8. The lowest BCUT2D eigenvalue weighted by Crippen LogP contribution is -2.39. The van der Waals surface area contributed by atoms with Crippen LogP contribution in [0.4, 0.5) is 4.79 Å². The van der Waals surface area contributed by atoms with Crippen molar-refractivity contribution in [3.63, 3.8) is 0 Å². The van der Waals surface area contributed by atoms with Crippen molar-refractivity contribution in [2.24, 2.45) is 0 Å². The summed E-state index contributed by atoms with van der Waals surface area (Å²) in [5.41, 5.74) is -0.367. The highest BCUT2D eigenvalue weighted by molar-refractivity contribution is 5.68. The van der Waals surface area contributed by atoms with Crippen LogP contribution in [0.25, 0.3) is 0 Å². The summed E-state index contributed by atoms with van der Waals surface area (Å²) in [7, 11) is 0. The first-order chi connectivity index (χ1) is 7.40. The molecule has 0 aliphatic carbocycles. The minimum absolute atomic E-state index is 0.160. The Labute approximate surface area is 96.6 Å². The lowest BCUT2D eigenvalue weighted by atomic mass is 10.1. The number of aliphatic hydroxyl groups excluding tert-OH is 1. The zero-order valence-corrected chi connectivity index (χ0v) is 10.2. The molecule has 5 heteroatoms. The number of ether oxygens (including phenoxy) is 1. The number of likely N-dealkylation sites (tertiary alicyclic amines) is 1. The van der Waals surface area contributed by atoms with Crippen LogP contribution >= 0.6 is 0 Å². The fourth-order valence-corrected chi connectivity index (χ4v) is 1.40. The third-order valence-electron chi connectivity index (χ3n) is 2.01. The first-order valence-electron chi connectivity index (χ1n) is 5.42. The van der Waals surface area contributed by atoms with E-state index in [1.54, 1.807) is 4.90 Å². The zero-order valence-electron chi connectivity index (χ0n) is 10.2. The number of hydrogen-bond acceptors (Lipinski definition) is 4. The van der Waals surface area contributed by atoms with Crippen molar-refractivity contribution in [3.05, 3.63) is 0 Å². The molecule has 5 nitrogen and oxygen atoms in total. The Balaban J connectivity index is 0.000000673. The number of nitriles is 1. The van der Waals surface area contributed by atoms with Crippen LogP contribution in [-0.4, -0.2) is 34.8 Å². The van der Waals surface area contributed by atoms with Gasteiger partial charge < -0.3 is 14.7 Å². The summed E-state index contributed by atoms with van der Waals surface area (Å²) in [4.78, 5) is 13.3. The number of amides is 1. The van der Waals surface area contributed by atoms with Crippen LogP contribution in [0.3, 0.4) is 0 Å². The van der Waals surface area contributed by atoms with Crippen LogP contribution in [0.1, 0.15) is 40.0 Å². The van der Waals surface area contributed by atoms with Gasteiger partial charge in [-0.1, -0.05) is 0 Å². The zero-order chi connectivity index (χ0) is 12.6. The normalized spacial score (nSPS) is 15.5. The summed E-state index contributed by atoms with van der Waals surface area (Å²) in [5.74, 6) is 0. The predicted octanol–water partition coefficient (Wildman–Crippen LogP) is 2.25. The van der Waals surface area contributed by atoms with Gasteiger partial charge in [-0.25, -0.2) is 4.79 Å². The van der Waals surface area contributed by atoms with Gasteiger partial charge in [0.1, 0.15) is 5.60 Å². The molecule has 1 aliphatic heterocycles. The second-order valence-corrected chi connectivity index (χ2v) is 4.63. The molecule has 0 aromatic heterocycles. The molecular formula is C11H20N2O3. The molecule has 16 heavy (non-hydrogen) atoms. The van der Waals surface area contributed by atoms with E-state index in [1.807, 2.05) is 20.8 Å². The molecule has 1 amide bonds. The van der Waals surface area contributed by atoms with Gasteiger partial charge in [0.25, 0.3) is 6.26 Å². The van der Waals surface area contributed by atoms with Crippen LogP contribution in [0.15, 0.2) is 0 Å². The highest BCUT2D eigenvalue weighted by Crippen LogP contribution is 2.14. The maximum absolute atomic E-state index is 11.5. The van der Waals surface area contributed by atoms with Crippen LogP contribution in [0, 0.1) is 11.5 Å². The van der Waals surface area contributed by atoms with E-state index in [0.717, 1.165) is 32.2 Å². The average molecular weight is 228 g/mol. The van der Waals surface area contributed by atoms with Gasteiger partial charge >= 0.3 is 6.09 Å². The topological polar surface area (TPSA) is 73.6 Å². The number of hydrogen-bond donors (Lipinski definition) is 1. The first kappa shape index (κ1) is 14.6. The van der Waals surface area contributed by atoms with Crippen molar-refractivity contribution in [1.29, 1.82) is 5.26 Å². The largest absolute Gasteiger partial charge is 0.444 e. The molecule has 0 aromatic carbocycles. The van der Waals surface area contributed by atoms with E-state index in [-0.39, 0.29) is 11.7 Å². The average Bonchev–Trinajstić information content (AvgIpc) is 2.18. The second kappa shape index (κ2) is 6.94. The molecule has 1 fully saturated rings. The molecular weight excluding hydrogens is 208 g/mol. The van der Waals surface area contributed by atoms with Gasteiger partial charge in [0.05, 0.1) is 0 Å². The van der Waals surface area contributed by atoms with Gasteiger partial charge in [-0.15, -0.1) is 0 Å². The SMILES string of the molecule is CC(C)(C)OC(=O)N1CCCCC1.N#CO. The molecule has 0 saturated carbocycles. The van der Waals surface area contributed by atoms with Crippen molar-refractivity contribution in [3.8, 4) is 6.26 Å². The molecule has 0 bridgehead atoms. The number of rotatable bonds is 0. The summed E-state index contributed by atoms with van der Waals surface area (Å²) in [6, 6.07) is 0. The molecule has 1 N–H and O–H groups in total.